The van der Waals surface area contributed by atoms with Crippen molar-refractivity contribution in [1.29, 1.82) is 0 Å². The molecule has 2 rings (SSSR count). The number of carbonyl (C=O) groups excluding carboxylic acids is 1. The Labute approximate surface area is 177 Å². The Balaban J connectivity index is 1.98. The second kappa shape index (κ2) is 10.1. The summed E-state index contributed by atoms with van der Waals surface area (Å²) in [7, 11) is 5.05. The van der Waals surface area contributed by atoms with Crippen LogP contribution in [0.15, 0.2) is 24.3 Å². The van der Waals surface area contributed by atoms with Crippen molar-refractivity contribution in [3.8, 4) is 11.5 Å². The zero-order chi connectivity index (χ0) is 21.6. The molecule has 0 aliphatic carbocycles. The smallest absolute Gasteiger partial charge is 0.179 e. The van der Waals surface area contributed by atoms with E-state index >= 15 is 0 Å². The molecular weight excluding hydrogens is 392 g/mol. The van der Waals surface area contributed by atoms with Crippen molar-refractivity contribution in [2.24, 2.45) is 12.8 Å². The first-order valence-corrected chi connectivity index (χ1v) is 10.1. The molecule has 0 radical (unpaired) electrons. The Morgan fingerprint density at radius 1 is 1.21 bits per heavy atom. The standard InChI is InChI=1S/C22H31ClN2O4/c1-22(24,14-26)11-10-17-16(23)13-18(25(17)2)19(27)7-5-6-15-8-9-20(28-3)21(12-15)29-4/h8-9,12-13,26H,5-7,10-11,14,24H2,1-4H3/t22-/m1/s1. The molecule has 0 aliphatic heterocycles. The summed E-state index contributed by atoms with van der Waals surface area (Å²) in [5.74, 6) is 1.43. The number of nitrogens with zero attached hydrogens (tertiary/aromatic N) is 1. The first-order chi connectivity index (χ1) is 13.7. The van der Waals surface area contributed by atoms with Gasteiger partial charge in [0.25, 0.3) is 0 Å². The normalized spacial score (nSPS) is 13.2. The molecule has 0 spiro atoms. The summed E-state index contributed by atoms with van der Waals surface area (Å²) in [5.41, 5.74) is 7.88. The minimum Gasteiger partial charge on any atom is -0.493 e. The quantitative estimate of drug-likeness (QED) is 0.541. The van der Waals surface area contributed by atoms with Crippen molar-refractivity contribution in [1.82, 2.24) is 4.57 Å². The number of hydrogen-bond acceptors (Lipinski definition) is 5. The second-order valence-corrected chi connectivity index (χ2v) is 8.07. The predicted octanol–water partition coefficient (Wildman–Crippen LogP) is 3.54. The third-order valence-corrected chi connectivity index (χ3v) is 5.53. The lowest BCUT2D eigenvalue weighted by atomic mass is 9.97. The number of ketones is 1. The number of Topliss-reactive ketones (excluding diaryl/α,β-unsaturated/α-hetero) is 1. The summed E-state index contributed by atoms with van der Waals surface area (Å²) >= 11 is 6.36. The highest BCUT2D eigenvalue weighted by atomic mass is 35.5. The molecule has 160 valence electrons. The minimum atomic E-state index is -0.669. The van der Waals surface area contributed by atoms with Crippen LogP contribution < -0.4 is 15.2 Å². The number of rotatable bonds is 11. The van der Waals surface area contributed by atoms with Crippen LogP contribution in [0.3, 0.4) is 0 Å². The third kappa shape index (κ3) is 5.98. The lowest BCUT2D eigenvalue weighted by Crippen LogP contribution is -2.40. The maximum atomic E-state index is 12.7. The average Bonchev–Trinajstić information content (AvgIpc) is 2.99. The van der Waals surface area contributed by atoms with Crippen molar-refractivity contribution < 1.29 is 19.4 Å². The number of hydrogen-bond donors (Lipinski definition) is 2. The fraction of sp³-hybridized carbons (Fsp3) is 0.500. The number of aliphatic hydroxyl groups excluding tert-OH is 1. The summed E-state index contributed by atoms with van der Waals surface area (Å²) in [6.07, 6.45) is 3.08. The molecule has 0 saturated carbocycles. The topological polar surface area (TPSA) is 86.7 Å². The average molecular weight is 423 g/mol. The molecule has 0 unspecified atom stereocenters. The number of carbonyl (C=O) groups is 1. The lowest BCUT2D eigenvalue weighted by molar-refractivity contribution is 0.0972. The van der Waals surface area contributed by atoms with Gasteiger partial charge >= 0.3 is 0 Å². The zero-order valence-electron chi connectivity index (χ0n) is 17.6. The van der Waals surface area contributed by atoms with E-state index in [0.29, 0.717) is 41.5 Å². The molecule has 0 bridgehead atoms. The first kappa shape index (κ1) is 23.3. The molecule has 1 aromatic heterocycles. The number of ether oxygens (including phenoxy) is 2. The number of aliphatic hydroxyl groups is 1. The molecule has 1 aromatic carbocycles. The van der Waals surface area contributed by atoms with Crippen molar-refractivity contribution in [2.45, 2.75) is 44.6 Å². The van der Waals surface area contributed by atoms with Crippen molar-refractivity contribution in [3.63, 3.8) is 0 Å². The number of halogens is 1. The van der Waals surface area contributed by atoms with E-state index in [0.717, 1.165) is 24.1 Å². The molecule has 0 amide bonds. The number of nitrogens with two attached hydrogens (primary N) is 1. The molecule has 0 aliphatic rings. The van der Waals surface area contributed by atoms with Crippen LogP contribution in [0.1, 0.15) is 47.9 Å². The summed E-state index contributed by atoms with van der Waals surface area (Å²) in [5, 5.41) is 9.88. The van der Waals surface area contributed by atoms with E-state index in [1.807, 2.05) is 29.8 Å². The van der Waals surface area contributed by atoms with Gasteiger partial charge in [0.1, 0.15) is 0 Å². The SMILES string of the molecule is COc1ccc(CCCC(=O)c2cc(Cl)c(CC[C@@](C)(N)CO)n2C)cc1OC. The molecule has 0 fully saturated rings. The van der Waals surface area contributed by atoms with Crippen LogP contribution in [0, 0.1) is 0 Å². The van der Waals surface area contributed by atoms with E-state index in [1.165, 1.54) is 0 Å². The van der Waals surface area contributed by atoms with E-state index in [-0.39, 0.29) is 12.4 Å². The van der Waals surface area contributed by atoms with E-state index < -0.39 is 5.54 Å². The lowest BCUT2D eigenvalue weighted by Gasteiger charge is -2.21. The van der Waals surface area contributed by atoms with Crippen molar-refractivity contribution in [3.05, 3.63) is 46.2 Å². The van der Waals surface area contributed by atoms with Gasteiger partial charge in [0.15, 0.2) is 17.3 Å². The minimum absolute atomic E-state index is 0.0544. The molecule has 3 N–H and O–H groups in total. The Bertz CT molecular complexity index is 846. The van der Waals surface area contributed by atoms with Gasteiger partial charge in [-0.2, -0.15) is 0 Å². The Morgan fingerprint density at radius 2 is 1.90 bits per heavy atom. The maximum Gasteiger partial charge on any atom is 0.179 e. The monoisotopic (exact) mass is 422 g/mol. The Kier molecular flexibility index (Phi) is 8.14. The van der Waals surface area contributed by atoms with E-state index in [2.05, 4.69) is 0 Å². The van der Waals surface area contributed by atoms with Gasteiger partial charge in [-0.1, -0.05) is 17.7 Å². The third-order valence-electron chi connectivity index (χ3n) is 5.20. The van der Waals surface area contributed by atoms with Gasteiger partial charge in [-0.05, 0) is 56.4 Å². The summed E-state index contributed by atoms with van der Waals surface area (Å²) in [6.45, 7) is 1.70. The number of benzene rings is 1. The Hall–Kier alpha value is -2.02. The highest BCUT2D eigenvalue weighted by molar-refractivity contribution is 6.31. The van der Waals surface area contributed by atoms with Gasteiger partial charge in [0.05, 0.1) is 31.5 Å². The van der Waals surface area contributed by atoms with Crippen molar-refractivity contribution >= 4 is 17.4 Å². The fourth-order valence-electron chi connectivity index (χ4n) is 3.26. The summed E-state index contributed by atoms with van der Waals surface area (Å²) in [6, 6.07) is 7.51. The van der Waals surface area contributed by atoms with Crippen molar-refractivity contribution in [2.75, 3.05) is 20.8 Å². The van der Waals surface area contributed by atoms with Gasteiger partial charge in [-0.3, -0.25) is 4.79 Å². The molecule has 0 saturated heterocycles. The van der Waals surface area contributed by atoms with E-state index in [9.17, 15) is 9.90 Å². The van der Waals surface area contributed by atoms with Gasteiger partial charge in [0, 0.05) is 24.7 Å². The van der Waals surface area contributed by atoms with Crippen LogP contribution in [-0.4, -0.2) is 41.8 Å². The van der Waals surface area contributed by atoms with Crippen LogP contribution in [-0.2, 0) is 19.9 Å². The summed E-state index contributed by atoms with van der Waals surface area (Å²) in [4.78, 5) is 12.7. The second-order valence-electron chi connectivity index (χ2n) is 7.66. The molecular formula is C22H31ClN2O4. The van der Waals surface area contributed by atoms with E-state index in [1.54, 1.807) is 27.2 Å². The summed E-state index contributed by atoms with van der Waals surface area (Å²) < 4.78 is 12.4. The van der Waals surface area contributed by atoms with Crippen LogP contribution in [0.5, 0.6) is 11.5 Å². The number of methoxy groups -OCH3 is 2. The number of aryl methyl sites for hydroxylation is 1. The maximum absolute atomic E-state index is 12.7. The van der Waals surface area contributed by atoms with Gasteiger partial charge in [0.2, 0.25) is 0 Å². The van der Waals surface area contributed by atoms with Gasteiger partial charge in [-0.15, -0.1) is 0 Å². The zero-order valence-corrected chi connectivity index (χ0v) is 18.4. The van der Waals surface area contributed by atoms with Crippen LogP contribution in [0.4, 0.5) is 0 Å². The number of aromatic nitrogens is 1. The van der Waals surface area contributed by atoms with Gasteiger partial charge < -0.3 is 24.9 Å². The molecule has 29 heavy (non-hydrogen) atoms. The van der Waals surface area contributed by atoms with Crippen LogP contribution in [0.25, 0.3) is 0 Å². The molecule has 1 atom stereocenters. The largest absolute Gasteiger partial charge is 0.493 e. The Morgan fingerprint density at radius 3 is 2.52 bits per heavy atom. The highest BCUT2D eigenvalue weighted by Crippen LogP contribution is 2.28. The fourth-order valence-corrected chi connectivity index (χ4v) is 3.59. The molecule has 1 heterocycles. The van der Waals surface area contributed by atoms with Crippen LogP contribution in [0.2, 0.25) is 5.02 Å². The first-order valence-electron chi connectivity index (χ1n) is 9.70. The molecule has 2 aromatic rings. The molecule has 6 nitrogen and oxygen atoms in total. The predicted molar refractivity (Wildman–Crippen MR) is 115 cm³/mol. The molecule has 7 heteroatoms. The van der Waals surface area contributed by atoms with Gasteiger partial charge in [-0.25, -0.2) is 0 Å². The highest BCUT2D eigenvalue weighted by Gasteiger charge is 2.21. The van der Waals surface area contributed by atoms with E-state index in [4.69, 9.17) is 26.8 Å². The van der Waals surface area contributed by atoms with Crippen LogP contribution >= 0.6 is 11.6 Å².